The number of anilines is 2. The third kappa shape index (κ3) is 5.76. The fourth-order valence-electron chi connectivity index (χ4n) is 4.68. The first kappa shape index (κ1) is 25.9. The number of carbonyl (C=O) groups is 3. The predicted octanol–water partition coefficient (Wildman–Crippen LogP) is 6.50. The van der Waals surface area contributed by atoms with E-state index in [4.69, 9.17) is 11.6 Å². The van der Waals surface area contributed by atoms with Gasteiger partial charge in [-0.3, -0.25) is 9.59 Å². The van der Waals surface area contributed by atoms with Gasteiger partial charge in [0.15, 0.2) is 5.78 Å². The maximum atomic E-state index is 14.0. The molecule has 0 fully saturated rings. The zero-order valence-electron chi connectivity index (χ0n) is 21.2. The number of ketones is 1. The van der Waals surface area contributed by atoms with Crippen molar-refractivity contribution in [2.75, 3.05) is 16.8 Å². The van der Waals surface area contributed by atoms with Crippen LogP contribution in [0.2, 0.25) is 5.02 Å². The summed E-state index contributed by atoms with van der Waals surface area (Å²) in [6.45, 7) is 1.69. The molecule has 6 nitrogen and oxygen atoms in total. The largest absolute Gasteiger partial charge is 0.323 e. The van der Waals surface area contributed by atoms with E-state index in [0.717, 1.165) is 22.3 Å². The second kappa shape index (κ2) is 11.4. The molecule has 1 aliphatic rings. The van der Waals surface area contributed by atoms with Crippen molar-refractivity contribution in [1.29, 1.82) is 0 Å². The van der Waals surface area contributed by atoms with Gasteiger partial charge >= 0.3 is 6.03 Å². The van der Waals surface area contributed by atoms with Gasteiger partial charge < -0.3 is 15.5 Å². The number of amides is 3. The number of urea groups is 1. The molecule has 0 spiro atoms. The van der Waals surface area contributed by atoms with Gasteiger partial charge in [-0.15, -0.1) is 0 Å². The van der Waals surface area contributed by atoms with Gasteiger partial charge in [-0.2, -0.15) is 0 Å². The van der Waals surface area contributed by atoms with Gasteiger partial charge in [-0.05, 0) is 54.0 Å². The standard InChI is InChI=1S/C32H26ClN3O3/c1-21-10-5-6-15-25(21)30(37)20-36-29-17-8-7-16-26(29)27(22-11-3-2-4-12-22)19-28(31(36)38)35-32(39)34-24-14-9-13-23(33)18-24/h2-19,28H,20H2,1H3,(H2,34,35,39). The number of carbonyl (C=O) groups excluding carboxylic acids is 3. The van der Waals surface area contributed by atoms with Crippen LogP contribution in [0.1, 0.15) is 27.0 Å². The number of Topliss-reactive ketones (excluding diaryl/α,β-unsaturated/α-hetero) is 1. The number of benzene rings is 4. The van der Waals surface area contributed by atoms with Crippen LogP contribution in [0.4, 0.5) is 16.2 Å². The van der Waals surface area contributed by atoms with E-state index in [1.54, 1.807) is 42.5 Å². The van der Waals surface area contributed by atoms with Crippen molar-refractivity contribution >= 4 is 46.3 Å². The highest BCUT2D eigenvalue weighted by molar-refractivity contribution is 6.30. The lowest BCUT2D eigenvalue weighted by atomic mass is 9.95. The SMILES string of the molecule is Cc1ccccc1C(=O)CN1C(=O)C(NC(=O)Nc2cccc(Cl)c2)C=C(c2ccccc2)c2ccccc21. The number of para-hydroxylation sites is 1. The summed E-state index contributed by atoms with van der Waals surface area (Å²) in [6.07, 6.45) is 1.74. The van der Waals surface area contributed by atoms with E-state index in [0.29, 0.717) is 22.0 Å². The molecular weight excluding hydrogens is 510 g/mol. The highest BCUT2D eigenvalue weighted by atomic mass is 35.5. The summed E-state index contributed by atoms with van der Waals surface area (Å²) >= 11 is 6.06. The Morgan fingerprint density at radius 2 is 1.59 bits per heavy atom. The molecule has 0 radical (unpaired) electrons. The lowest BCUT2D eigenvalue weighted by Gasteiger charge is -2.26. The molecule has 2 N–H and O–H groups in total. The molecule has 0 aromatic heterocycles. The smallest absolute Gasteiger partial charge is 0.320 e. The van der Waals surface area contributed by atoms with Crippen LogP contribution in [-0.4, -0.2) is 30.3 Å². The Balaban J connectivity index is 1.54. The second-order valence-electron chi connectivity index (χ2n) is 9.21. The van der Waals surface area contributed by atoms with Crippen LogP contribution in [-0.2, 0) is 4.79 Å². The van der Waals surface area contributed by atoms with E-state index in [2.05, 4.69) is 10.6 Å². The summed E-state index contributed by atoms with van der Waals surface area (Å²) in [5, 5.41) is 6.00. The van der Waals surface area contributed by atoms with Crippen molar-refractivity contribution in [2.24, 2.45) is 0 Å². The molecule has 7 heteroatoms. The Morgan fingerprint density at radius 3 is 2.36 bits per heavy atom. The quantitative estimate of drug-likeness (QED) is 0.277. The Hall–Kier alpha value is -4.68. The molecule has 39 heavy (non-hydrogen) atoms. The van der Waals surface area contributed by atoms with Gasteiger partial charge in [0, 0.05) is 21.8 Å². The fourth-order valence-corrected chi connectivity index (χ4v) is 4.87. The lowest BCUT2D eigenvalue weighted by molar-refractivity contribution is -0.119. The Labute approximate surface area is 231 Å². The summed E-state index contributed by atoms with van der Waals surface area (Å²) in [7, 11) is 0. The van der Waals surface area contributed by atoms with E-state index in [-0.39, 0.29) is 12.3 Å². The monoisotopic (exact) mass is 535 g/mol. The normalized spacial score (nSPS) is 14.6. The minimum atomic E-state index is -1.04. The molecule has 0 saturated carbocycles. The molecule has 1 heterocycles. The molecule has 0 saturated heterocycles. The lowest BCUT2D eigenvalue weighted by Crippen LogP contribution is -2.50. The molecular formula is C32H26ClN3O3. The third-order valence-electron chi connectivity index (χ3n) is 6.55. The molecule has 194 valence electrons. The van der Waals surface area contributed by atoms with Crippen LogP contribution < -0.4 is 15.5 Å². The Kier molecular flexibility index (Phi) is 7.57. The summed E-state index contributed by atoms with van der Waals surface area (Å²) in [6, 6.07) is 29.5. The van der Waals surface area contributed by atoms with E-state index in [1.165, 1.54) is 4.90 Å². The number of rotatable bonds is 6. The van der Waals surface area contributed by atoms with Crippen molar-refractivity contribution in [3.63, 3.8) is 0 Å². The molecule has 4 aromatic carbocycles. The topological polar surface area (TPSA) is 78.5 Å². The maximum absolute atomic E-state index is 14.0. The number of hydrogen-bond donors (Lipinski definition) is 2. The van der Waals surface area contributed by atoms with Crippen molar-refractivity contribution in [1.82, 2.24) is 5.32 Å². The molecule has 1 aliphatic heterocycles. The minimum Gasteiger partial charge on any atom is -0.323 e. The van der Waals surface area contributed by atoms with Crippen LogP contribution in [0.15, 0.2) is 109 Å². The highest BCUT2D eigenvalue weighted by Gasteiger charge is 2.33. The highest BCUT2D eigenvalue weighted by Crippen LogP contribution is 2.35. The van der Waals surface area contributed by atoms with Crippen LogP contribution in [0, 0.1) is 6.92 Å². The van der Waals surface area contributed by atoms with E-state index in [1.807, 2.05) is 73.7 Å². The third-order valence-corrected chi connectivity index (χ3v) is 6.79. The molecule has 4 aromatic rings. The van der Waals surface area contributed by atoms with Crippen LogP contribution >= 0.6 is 11.6 Å². The van der Waals surface area contributed by atoms with Gasteiger partial charge in [0.25, 0.3) is 5.91 Å². The number of aryl methyl sites for hydroxylation is 1. The molecule has 5 rings (SSSR count). The summed E-state index contributed by atoms with van der Waals surface area (Å²) in [5.41, 5.74) is 4.91. The first-order valence-electron chi connectivity index (χ1n) is 12.5. The van der Waals surface area contributed by atoms with Crippen molar-refractivity contribution in [2.45, 2.75) is 13.0 Å². The average Bonchev–Trinajstić information content (AvgIpc) is 3.04. The summed E-state index contributed by atoms with van der Waals surface area (Å²) in [4.78, 5) is 42.0. The van der Waals surface area contributed by atoms with E-state index < -0.39 is 18.0 Å². The first-order valence-corrected chi connectivity index (χ1v) is 12.9. The number of fused-ring (bicyclic) bond motifs is 1. The molecule has 3 amide bonds. The summed E-state index contributed by atoms with van der Waals surface area (Å²) in [5.74, 6) is -0.613. The van der Waals surface area contributed by atoms with Crippen LogP contribution in [0.25, 0.3) is 5.57 Å². The molecule has 1 unspecified atom stereocenters. The van der Waals surface area contributed by atoms with Crippen molar-refractivity contribution in [3.05, 3.63) is 136 Å². The average molecular weight is 536 g/mol. The number of nitrogens with one attached hydrogen (secondary N) is 2. The maximum Gasteiger partial charge on any atom is 0.320 e. The van der Waals surface area contributed by atoms with Crippen molar-refractivity contribution in [3.8, 4) is 0 Å². The zero-order valence-corrected chi connectivity index (χ0v) is 22.0. The van der Waals surface area contributed by atoms with E-state index >= 15 is 0 Å². The van der Waals surface area contributed by atoms with Crippen molar-refractivity contribution < 1.29 is 14.4 Å². The summed E-state index contributed by atoms with van der Waals surface area (Å²) < 4.78 is 0. The zero-order chi connectivity index (χ0) is 27.4. The van der Waals surface area contributed by atoms with Crippen LogP contribution in [0.3, 0.4) is 0 Å². The molecule has 1 atom stereocenters. The van der Waals surface area contributed by atoms with Gasteiger partial charge in [0.2, 0.25) is 0 Å². The van der Waals surface area contributed by atoms with E-state index in [9.17, 15) is 14.4 Å². The number of nitrogens with zero attached hydrogens (tertiary/aromatic N) is 1. The van der Waals surface area contributed by atoms with Gasteiger partial charge in [0.1, 0.15) is 6.04 Å². The number of halogens is 1. The van der Waals surface area contributed by atoms with Gasteiger partial charge in [0.05, 0.1) is 12.2 Å². The van der Waals surface area contributed by atoms with Gasteiger partial charge in [-0.25, -0.2) is 4.79 Å². The first-order chi connectivity index (χ1) is 18.9. The second-order valence-corrected chi connectivity index (χ2v) is 9.65. The number of hydrogen-bond acceptors (Lipinski definition) is 3. The van der Waals surface area contributed by atoms with Gasteiger partial charge in [-0.1, -0.05) is 90.5 Å². The Bertz CT molecular complexity index is 1580. The Morgan fingerprint density at radius 1 is 0.872 bits per heavy atom. The van der Waals surface area contributed by atoms with Crippen LogP contribution in [0.5, 0.6) is 0 Å². The predicted molar refractivity (Wildman–Crippen MR) is 155 cm³/mol. The molecule has 0 bridgehead atoms. The fraction of sp³-hybridized carbons (Fsp3) is 0.0938. The minimum absolute atomic E-state index is 0.176. The molecule has 0 aliphatic carbocycles.